The van der Waals surface area contributed by atoms with Gasteiger partial charge in [-0.2, -0.15) is 4.68 Å². The van der Waals surface area contributed by atoms with Crippen LogP contribution in [0.3, 0.4) is 0 Å². The number of benzene rings is 2. The fourth-order valence-electron chi connectivity index (χ4n) is 2.09. The number of aryl methyl sites for hydroxylation is 1. The van der Waals surface area contributed by atoms with Crippen molar-refractivity contribution >= 4 is 35.0 Å². The van der Waals surface area contributed by atoms with Crippen molar-refractivity contribution in [2.24, 2.45) is 0 Å². The van der Waals surface area contributed by atoms with Crippen LogP contribution in [0.5, 0.6) is 0 Å². The van der Waals surface area contributed by atoms with E-state index in [9.17, 15) is 9.18 Å². The summed E-state index contributed by atoms with van der Waals surface area (Å²) in [5.41, 5.74) is 2.32. The van der Waals surface area contributed by atoms with Crippen molar-refractivity contribution in [2.45, 2.75) is 12.1 Å². The number of carbonyl (C=O) groups is 1. The topological polar surface area (TPSA) is 72.7 Å². The van der Waals surface area contributed by atoms with E-state index in [4.69, 9.17) is 11.6 Å². The van der Waals surface area contributed by atoms with Gasteiger partial charge in [0.2, 0.25) is 11.1 Å². The van der Waals surface area contributed by atoms with E-state index in [0.717, 1.165) is 11.3 Å². The van der Waals surface area contributed by atoms with Gasteiger partial charge in [-0.25, -0.2) is 4.39 Å². The van der Waals surface area contributed by atoms with Gasteiger partial charge in [-0.05, 0) is 53.2 Å². The number of nitrogens with zero attached hydrogens (tertiary/aromatic N) is 4. The Kier molecular flexibility index (Phi) is 5.30. The molecule has 0 aliphatic heterocycles. The van der Waals surface area contributed by atoms with Gasteiger partial charge in [0, 0.05) is 5.69 Å². The van der Waals surface area contributed by atoms with E-state index in [1.807, 2.05) is 31.2 Å². The molecule has 0 aliphatic rings. The molecule has 1 heterocycles. The number of tetrazole rings is 1. The number of carbonyl (C=O) groups excluding carboxylic acids is 1. The summed E-state index contributed by atoms with van der Waals surface area (Å²) in [4.78, 5) is 12.1. The van der Waals surface area contributed by atoms with E-state index in [2.05, 4.69) is 20.8 Å². The number of hydrogen-bond acceptors (Lipinski definition) is 5. The minimum atomic E-state index is -0.536. The molecule has 0 bridgehead atoms. The van der Waals surface area contributed by atoms with Crippen LogP contribution in [-0.2, 0) is 4.79 Å². The van der Waals surface area contributed by atoms with Gasteiger partial charge < -0.3 is 5.32 Å². The number of aromatic nitrogens is 4. The maximum atomic E-state index is 13.1. The number of nitrogens with one attached hydrogen (secondary N) is 1. The van der Waals surface area contributed by atoms with Gasteiger partial charge in [-0.1, -0.05) is 35.5 Å². The lowest BCUT2D eigenvalue weighted by molar-refractivity contribution is -0.113. The van der Waals surface area contributed by atoms with Gasteiger partial charge in [-0.15, -0.1) is 5.10 Å². The highest BCUT2D eigenvalue weighted by Crippen LogP contribution is 2.21. The van der Waals surface area contributed by atoms with Crippen molar-refractivity contribution in [2.75, 3.05) is 11.1 Å². The summed E-state index contributed by atoms with van der Waals surface area (Å²) in [6, 6.07) is 11.7. The Hall–Kier alpha value is -2.45. The molecule has 1 aromatic heterocycles. The summed E-state index contributed by atoms with van der Waals surface area (Å²) in [5.74, 6) is -0.709. The van der Waals surface area contributed by atoms with Crippen molar-refractivity contribution in [1.29, 1.82) is 0 Å². The summed E-state index contributed by atoms with van der Waals surface area (Å²) >= 11 is 6.89. The number of halogens is 2. The monoisotopic (exact) mass is 377 g/mol. The van der Waals surface area contributed by atoms with Crippen LogP contribution >= 0.6 is 23.4 Å². The molecular formula is C16H13ClFN5OS. The van der Waals surface area contributed by atoms with Crippen LogP contribution in [0.1, 0.15) is 5.56 Å². The molecule has 1 N–H and O–H groups in total. The first kappa shape index (κ1) is 17.4. The van der Waals surface area contributed by atoms with Gasteiger partial charge in [-0.3, -0.25) is 4.79 Å². The van der Waals surface area contributed by atoms with E-state index >= 15 is 0 Å². The number of rotatable bonds is 5. The molecule has 1 amide bonds. The lowest BCUT2D eigenvalue weighted by Crippen LogP contribution is -2.14. The second-order valence-corrected chi connectivity index (χ2v) is 6.53. The summed E-state index contributed by atoms with van der Waals surface area (Å²) < 4.78 is 14.7. The summed E-state index contributed by atoms with van der Waals surface area (Å²) in [6.07, 6.45) is 0. The SMILES string of the molecule is Cc1cccc(-n2nnnc2SCC(=O)Nc2ccc(F)c(Cl)c2)c1. The molecule has 2 aromatic carbocycles. The second kappa shape index (κ2) is 7.62. The number of amides is 1. The molecule has 0 saturated heterocycles. The van der Waals surface area contributed by atoms with Crippen LogP contribution in [0.2, 0.25) is 5.02 Å². The lowest BCUT2D eigenvalue weighted by Gasteiger charge is -2.07. The maximum absolute atomic E-state index is 13.1. The predicted molar refractivity (Wildman–Crippen MR) is 94.7 cm³/mol. The van der Waals surface area contributed by atoms with Crippen molar-refractivity contribution in [3.05, 3.63) is 58.9 Å². The zero-order valence-electron chi connectivity index (χ0n) is 13.1. The standard InChI is InChI=1S/C16H13ClFN5OS/c1-10-3-2-4-12(7-10)23-16(20-21-22-23)25-9-15(24)19-11-5-6-14(18)13(17)8-11/h2-8H,9H2,1H3,(H,19,24). The highest BCUT2D eigenvalue weighted by atomic mass is 35.5. The molecule has 3 aromatic rings. The molecule has 3 rings (SSSR count). The first-order valence-electron chi connectivity index (χ1n) is 7.26. The lowest BCUT2D eigenvalue weighted by atomic mass is 10.2. The molecule has 25 heavy (non-hydrogen) atoms. The molecule has 128 valence electrons. The normalized spacial score (nSPS) is 10.7. The highest BCUT2D eigenvalue weighted by Gasteiger charge is 2.12. The van der Waals surface area contributed by atoms with Crippen LogP contribution in [-0.4, -0.2) is 31.9 Å². The Balaban J connectivity index is 1.65. The van der Waals surface area contributed by atoms with Gasteiger partial charge in [0.1, 0.15) is 5.82 Å². The first-order chi connectivity index (χ1) is 12.0. The molecule has 0 saturated carbocycles. The Labute approximate surface area is 152 Å². The molecular weight excluding hydrogens is 365 g/mol. The Bertz CT molecular complexity index is 917. The number of thioether (sulfide) groups is 1. The summed E-state index contributed by atoms with van der Waals surface area (Å²) in [6.45, 7) is 1.97. The largest absolute Gasteiger partial charge is 0.325 e. The van der Waals surface area contributed by atoms with Crippen LogP contribution < -0.4 is 5.32 Å². The maximum Gasteiger partial charge on any atom is 0.234 e. The Morgan fingerprint density at radius 1 is 1.32 bits per heavy atom. The third-order valence-corrected chi connectivity index (χ3v) is 4.43. The van der Waals surface area contributed by atoms with E-state index < -0.39 is 5.82 Å². The minimum absolute atomic E-state index is 0.0474. The molecule has 9 heteroatoms. The van der Waals surface area contributed by atoms with E-state index in [1.54, 1.807) is 4.68 Å². The average Bonchev–Trinajstić information content (AvgIpc) is 3.05. The average molecular weight is 378 g/mol. The van der Waals surface area contributed by atoms with E-state index in [0.29, 0.717) is 10.8 Å². The van der Waals surface area contributed by atoms with Gasteiger partial charge >= 0.3 is 0 Å². The van der Waals surface area contributed by atoms with Crippen molar-refractivity contribution < 1.29 is 9.18 Å². The third kappa shape index (κ3) is 4.34. The van der Waals surface area contributed by atoms with Crippen LogP contribution in [0.4, 0.5) is 10.1 Å². The summed E-state index contributed by atoms with van der Waals surface area (Å²) in [5, 5.41) is 14.7. The predicted octanol–water partition coefficient (Wildman–Crippen LogP) is 3.49. The van der Waals surface area contributed by atoms with E-state index in [-0.39, 0.29) is 16.7 Å². The molecule has 6 nitrogen and oxygen atoms in total. The van der Waals surface area contributed by atoms with Crippen molar-refractivity contribution in [1.82, 2.24) is 20.2 Å². The van der Waals surface area contributed by atoms with Crippen molar-refractivity contribution in [3.8, 4) is 5.69 Å². The summed E-state index contributed by atoms with van der Waals surface area (Å²) in [7, 11) is 0. The Morgan fingerprint density at radius 3 is 2.92 bits per heavy atom. The quantitative estimate of drug-likeness (QED) is 0.689. The fraction of sp³-hybridized carbons (Fsp3) is 0.125. The molecule has 0 radical (unpaired) electrons. The third-order valence-electron chi connectivity index (χ3n) is 3.22. The molecule has 0 fully saturated rings. The zero-order chi connectivity index (χ0) is 17.8. The van der Waals surface area contributed by atoms with Crippen LogP contribution in [0, 0.1) is 12.7 Å². The number of hydrogen-bond donors (Lipinski definition) is 1. The van der Waals surface area contributed by atoms with E-state index in [1.165, 1.54) is 30.0 Å². The highest BCUT2D eigenvalue weighted by molar-refractivity contribution is 7.99. The smallest absolute Gasteiger partial charge is 0.234 e. The molecule has 0 unspecified atom stereocenters. The van der Waals surface area contributed by atoms with Crippen molar-refractivity contribution in [3.63, 3.8) is 0 Å². The molecule has 0 spiro atoms. The fourth-order valence-corrected chi connectivity index (χ4v) is 2.96. The molecule has 0 aliphatic carbocycles. The van der Waals surface area contributed by atoms with Gasteiger partial charge in [0.15, 0.2) is 0 Å². The second-order valence-electron chi connectivity index (χ2n) is 5.18. The minimum Gasteiger partial charge on any atom is -0.325 e. The first-order valence-corrected chi connectivity index (χ1v) is 8.62. The van der Waals surface area contributed by atoms with Crippen LogP contribution in [0.15, 0.2) is 47.6 Å². The Morgan fingerprint density at radius 2 is 2.16 bits per heavy atom. The molecule has 0 atom stereocenters. The van der Waals surface area contributed by atoms with Gasteiger partial charge in [0.25, 0.3) is 0 Å². The number of anilines is 1. The van der Waals surface area contributed by atoms with Crippen LogP contribution in [0.25, 0.3) is 5.69 Å². The zero-order valence-corrected chi connectivity index (χ0v) is 14.7. The van der Waals surface area contributed by atoms with Gasteiger partial charge in [0.05, 0.1) is 16.5 Å².